The fourth-order valence-electron chi connectivity index (χ4n) is 4.20. The van der Waals surface area contributed by atoms with Crippen LogP contribution in [0.25, 0.3) is 0 Å². The van der Waals surface area contributed by atoms with Crippen molar-refractivity contribution >= 4 is 35.9 Å². The monoisotopic (exact) mass is 762 g/mol. The van der Waals surface area contributed by atoms with Gasteiger partial charge in [-0.1, -0.05) is 62.4 Å². The van der Waals surface area contributed by atoms with E-state index in [0.717, 1.165) is 5.56 Å². The molecule has 1 aromatic rings. The number of hydrogen-bond donors (Lipinski definition) is 14. The second-order valence-corrected chi connectivity index (χ2v) is 12.0. The average molecular weight is 763 g/mol. The number of primary amides is 1. The van der Waals surface area contributed by atoms with Gasteiger partial charge in [0.05, 0.1) is 0 Å². The molecule has 1 saturated carbocycles. The largest absolute Gasteiger partial charge is 0.480 e. The van der Waals surface area contributed by atoms with E-state index in [2.05, 4.69) is 5.32 Å². The van der Waals surface area contributed by atoms with Gasteiger partial charge in [-0.3, -0.25) is 24.0 Å². The molecule has 0 aliphatic heterocycles. The Balaban J connectivity index is -0.000000599. The standard InChI is InChI=1S/C10H13NO2.C9H17NO2.C6H13N3O3.C4H10N2O2.C4H9NO3/c11-9(10(12)13)7-6-8-4-2-1-3-5-8;10-8(9(11)12)6-7-4-2-1-3-5-7;7-4(5(10)11)2-1-3-9-6(8)12;5-2-1-3(6)4(7)8;5-3(1-2-6)4(7)8/h1-5,9H,6-7,11H2,(H,12,13);7-8H,1-6,10H2,(H,11,12);4H,1-3,7H2,(H,10,11)(H3,8,9,12);3H,1-2,5-6H2,(H,7,8);3,6H,1-2,5H2,(H,7,8). The van der Waals surface area contributed by atoms with Gasteiger partial charge in [0.15, 0.2) is 0 Å². The molecule has 0 aromatic heterocycles. The number of aliphatic carboxylic acids is 5. The molecule has 2 rings (SSSR count). The molecule has 0 bridgehead atoms. The summed E-state index contributed by atoms with van der Waals surface area (Å²) in [6.07, 6.45) is 9.30. The van der Waals surface area contributed by atoms with Gasteiger partial charge in [-0.05, 0) is 63.0 Å². The lowest BCUT2D eigenvalue weighted by Crippen LogP contribution is -2.33. The third-order valence-corrected chi connectivity index (χ3v) is 7.39. The molecule has 0 spiro atoms. The summed E-state index contributed by atoms with van der Waals surface area (Å²) in [6.45, 7) is 0.511. The van der Waals surface area contributed by atoms with Gasteiger partial charge in [0.1, 0.15) is 30.2 Å². The molecule has 5 atom stereocenters. The number of nitrogens with one attached hydrogen (secondary N) is 1. The molecule has 1 fully saturated rings. The van der Waals surface area contributed by atoms with Crippen molar-refractivity contribution in [3.8, 4) is 0 Å². The maximum absolute atomic E-state index is 10.4. The average Bonchev–Trinajstić information content (AvgIpc) is 3.11. The van der Waals surface area contributed by atoms with Crippen LogP contribution in [0.2, 0.25) is 0 Å². The van der Waals surface area contributed by atoms with E-state index < -0.39 is 66.1 Å². The fraction of sp³-hybridized carbons (Fsp3) is 0.636. The zero-order valence-electron chi connectivity index (χ0n) is 30.1. The molecule has 1 aromatic carbocycles. The van der Waals surface area contributed by atoms with E-state index >= 15 is 0 Å². The number of carboxylic acids is 5. The molecule has 0 radical (unpaired) electrons. The first-order valence-electron chi connectivity index (χ1n) is 17.1. The van der Waals surface area contributed by atoms with Crippen LogP contribution >= 0.6 is 0 Å². The Morgan fingerprint density at radius 3 is 1.45 bits per heavy atom. The van der Waals surface area contributed by atoms with Crippen LogP contribution in [0.15, 0.2) is 30.3 Å². The highest BCUT2D eigenvalue weighted by Crippen LogP contribution is 2.26. The zero-order chi connectivity index (χ0) is 41.4. The molecule has 20 heteroatoms. The van der Waals surface area contributed by atoms with Crippen molar-refractivity contribution < 1.29 is 59.4 Å². The van der Waals surface area contributed by atoms with E-state index in [1.165, 1.54) is 32.1 Å². The van der Waals surface area contributed by atoms with Crippen molar-refractivity contribution in [2.24, 2.45) is 46.1 Å². The van der Waals surface area contributed by atoms with Gasteiger partial charge in [-0.25, -0.2) is 4.79 Å². The number of carbonyl (C=O) groups excluding carboxylic acids is 1. The van der Waals surface area contributed by atoms with Gasteiger partial charge < -0.3 is 76.1 Å². The molecule has 0 saturated heterocycles. The Hall–Kier alpha value is -4.44. The topological polar surface area (TPSA) is 418 Å². The first-order chi connectivity index (χ1) is 24.8. The summed E-state index contributed by atoms with van der Waals surface area (Å²) in [6, 6.07) is 5.15. The Morgan fingerprint density at radius 2 is 1.08 bits per heavy atom. The molecule has 20 nitrogen and oxygen atoms in total. The minimum absolute atomic E-state index is 0.120. The number of aliphatic hydroxyl groups excluding tert-OH is 1. The van der Waals surface area contributed by atoms with Crippen LogP contribution in [0, 0.1) is 5.92 Å². The van der Waals surface area contributed by atoms with Crippen LogP contribution < -0.4 is 45.5 Å². The molecule has 1 aliphatic carbocycles. The number of urea groups is 1. The molecule has 2 amide bonds. The van der Waals surface area contributed by atoms with Crippen molar-refractivity contribution in [1.29, 1.82) is 0 Å². The van der Waals surface area contributed by atoms with Crippen LogP contribution in [0.4, 0.5) is 4.79 Å². The summed E-state index contributed by atoms with van der Waals surface area (Å²) in [4.78, 5) is 60.9. The Kier molecular flexibility index (Phi) is 33.3. The number of aryl methyl sites for hydroxylation is 1. The third-order valence-electron chi connectivity index (χ3n) is 7.39. The van der Waals surface area contributed by atoms with Crippen molar-refractivity contribution in [3.05, 3.63) is 35.9 Å². The Bertz CT molecular complexity index is 1140. The molecule has 306 valence electrons. The molecular weight excluding hydrogens is 700 g/mol. The quantitative estimate of drug-likeness (QED) is 0.0779. The van der Waals surface area contributed by atoms with E-state index in [4.69, 9.17) is 70.8 Å². The SMILES string of the molecule is NC(=O)NCCCC(N)C(=O)O.NC(CC1CCCCC1)C(=O)O.NC(CCO)C(=O)O.NC(CCc1ccccc1)C(=O)O.NCCC(N)C(=O)O. The molecule has 53 heavy (non-hydrogen) atoms. The van der Waals surface area contributed by atoms with E-state index in [0.29, 0.717) is 57.5 Å². The second kappa shape index (κ2) is 33.4. The summed E-state index contributed by atoms with van der Waals surface area (Å²) in [5, 5.41) is 52.2. The predicted molar refractivity (Wildman–Crippen MR) is 196 cm³/mol. The predicted octanol–water partition coefficient (Wildman–Crippen LogP) is -1.23. The van der Waals surface area contributed by atoms with Gasteiger partial charge in [-0.15, -0.1) is 0 Å². The normalized spacial score (nSPS) is 14.8. The number of benzene rings is 1. The van der Waals surface area contributed by atoms with Crippen LogP contribution in [0.3, 0.4) is 0 Å². The number of aliphatic hydroxyl groups is 1. The van der Waals surface area contributed by atoms with Crippen LogP contribution in [0.5, 0.6) is 0 Å². The van der Waals surface area contributed by atoms with Crippen molar-refractivity contribution in [2.75, 3.05) is 19.7 Å². The minimum Gasteiger partial charge on any atom is -0.480 e. The van der Waals surface area contributed by atoms with Gasteiger partial charge in [0, 0.05) is 13.2 Å². The smallest absolute Gasteiger partial charge is 0.320 e. The Labute approximate surface area is 309 Å². The number of carboxylic acid groups (broad SMARTS) is 5. The van der Waals surface area contributed by atoms with Crippen molar-refractivity contribution in [3.63, 3.8) is 0 Å². The van der Waals surface area contributed by atoms with Crippen molar-refractivity contribution in [1.82, 2.24) is 5.32 Å². The maximum Gasteiger partial charge on any atom is 0.320 e. The lowest BCUT2D eigenvalue weighted by molar-refractivity contribution is -0.139. The van der Waals surface area contributed by atoms with E-state index in [-0.39, 0.29) is 13.0 Å². The second-order valence-electron chi connectivity index (χ2n) is 12.0. The highest BCUT2D eigenvalue weighted by Gasteiger charge is 2.20. The van der Waals surface area contributed by atoms with Gasteiger partial charge in [-0.2, -0.15) is 0 Å². The maximum atomic E-state index is 10.4. The van der Waals surface area contributed by atoms with E-state index in [1.54, 1.807) is 0 Å². The number of amides is 2. The van der Waals surface area contributed by atoms with Gasteiger partial charge >= 0.3 is 35.9 Å². The van der Waals surface area contributed by atoms with E-state index in [9.17, 15) is 28.8 Å². The summed E-state index contributed by atoms with van der Waals surface area (Å²) in [7, 11) is 0. The highest BCUT2D eigenvalue weighted by atomic mass is 16.4. The minimum atomic E-state index is -1.07. The molecule has 5 unspecified atom stereocenters. The number of carbonyl (C=O) groups is 6. The van der Waals surface area contributed by atoms with Gasteiger partial charge in [0.2, 0.25) is 0 Å². The number of hydrogen-bond acceptors (Lipinski definition) is 13. The van der Waals surface area contributed by atoms with Gasteiger partial charge in [0.25, 0.3) is 0 Å². The fourth-order valence-corrected chi connectivity index (χ4v) is 4.20. The first kappa shape index (κ1) is 52.9. The summed E-state index contributed by atoms with van der Waals surface area (Å²) < 4.78 is 0. The Morgan fingerprint density at radius 1 is 0.642 bits per heavy atom. The molecule has 21 N–H and O–H groups in total. The van der Waals surface area contributed by atoms with Crippen molar-refractivity contribution in [2.45, 2.75) is 107 Å². The third kappa shape index (κ3) is 34.4. The lowest BCUT2D eigenvalue weighted by Gasteiger charge is -2.22. The highest BCUT2D eigenvalue weighted by molar-refractivity contribution is 5.74. The molecule has 1 aliphatic rings. The lowest BCUT2D eigenvalue weighted by atomic mass is 9.85. The number of rotatable bonds is 18. The van der Waals surface area contributed by atoms with E-state index in [1.807, 2.05) is 30.3 Å². The number of nitrogens with two attached hydrogens (primary N) is 7. The van der Waals surface area contributed by atoms with Crippen LogP contribution in [-0.4, -0.2) is 116 Å². The first-order valence-corrected chi connectivity index (χ1v) is 17.1. The summed E-state index contributed by atoms with van der Waals surface area (Å²) >= 11 is 0. The summed E-state index contributed by atoms with van der Waals surface area (Å²) in [5.74, 6) is -4.33. The zero-order valence-corrected chi connectivity index (χ0v) is 30.1. The van der Waals surface area contributed by atoms with Crippen LogP contribution in [0.1, 0.15) is 76.2 Å². The summed E-state index contributed by atoms with van der Waals surface area (Å²) in [5.41, 5.74) is 36.9. The molecular formula is C33H62N8O12. The molecule has 0 heterocycles. The van der Waals surface area contributed by atoms with Crippen LogP contribution in [-0.2, 0) is 30.4 Å².